The molecule has 1 atom stereocenters. The van der Waals surface area contributed by atoms with E-state index < -0.39 is 23.6 Å². The molecule has 0 aliphatic carbocycles. The number of hydrogen-bond donors (Lipinski definition) is 3. The van der Waals surface area contributed by atoms with Gasteiger partial charge in [0.1, 0.15) is 11.7 Å². The maximum absolute atomic E-state index is 12.9. The van der Waals surface area contributed by atoms with Crippen molar-refractivity contribution in [2.75, 3.05) is 12.4 Å². The molecule has 152 valence electrons. The van der Waals surface area contributed by atoms with Gasteiger partial charge < -0.3 is 20.1 Å². The van der Waals surface area contributed by atoms with Crippen molar-refractivity contribution >= 4 is 28.3 Å². The van der Waals surface area contributed by atoms with Crippen LogP contribution in [0.25, 0.3) is 11.3 Å². The molecule has 0 bridgehead atoms. The molecule has 3 aromatic rings. The molecule has 1 amide bonds. The smallest absolute Gasteiger partial charge is 0.357 e. The monoisotopic (exact) mass is 416 g/mol. The number of aromatic hydroxyl groups is 1. The van der Waals surface area contributed by atoms with Crippen LogP contribution in [0, 0.1) is 0 Å². The average molecular weight is 416 g/mol. The van der Waals surface area contributed by atoms with E-state index in [1.807, 2.05) is 13.0 Å². The standard InChI is InChI=1S/C19H20N4O5S/c1-3-7-13(15(24)22-18-20-12(10-29-18)17(26)28-2)23-16(25)14(21-19(23)27)11-8-5-4-6-9-11/h4-6,8-10,13,25H,3,7H2,1-2H3,(H,21,27)(H,20,22,24)/t13-/m1/s1. The first-order valence-electron chi connectivity index (χ1n) is 8.89. The first-order chi connectivity index (χ1) is 14.0. The Bertz CT molecular complexity index is 1070. The highest BCUT2D eigenvalue weighted by molar-refractivity contribution is 7.14. The fraction of sp³-hybridized carbons (Fsp3) is 0.263. The number of amides is 1. The van der Waals surface area contributed by atoms with E-state index in [1.54, 1.807) is 24.3 Å². The number of thiazole rings is 1. The number of anilines is 1. The second-order valence-corrected chi connectivity index (χ2v) is 7.05. The average Bonchev–Trinajstić information content (AvgIpc) is 3.30. The molecule has 0 unspecified atom stereocenters. The van der Waals surface area contributed by atoms with E-state index in [9.17, 15) is 19.5 Å². The van der Waals surface area contributed by atoms with Gasteiger partial charge in [-0.1, -0.05) is 43.7 Å². The summed E-state index contributed by atoms with van der Waals surface area (Å²) in [6.07, 6.45) is 0.918. The number of imidazole rings is 1. The van der Waals surface area contributed by atoms with E-state index >= 15 is 0 Å². The lowest BCUT2D eigenvalue weighted by atomic mass is 10.1. The van der Waals surface area contributed by atoms with Gasteiger partial charge in [-0.2, -0.15) is 0 Å². The molecule has 0 fully saturated rings. The third-order valence-corrected chi connectivity index (χ3v) is 5.03. The molecular formula is C19H20N4O5S. The van der Waals surface area contributed by atoms with Crippen LogP contribution < -0.4 is 11.0 Å². The lowest BCUT2D eigenvalue weighted by Gasteiger charge is -2.16. The van der Waals surface area contributed by atoms with Crippen LogP contribution in [0.5, 0.6) is 5.88 Å². The quantitative estimate of drug-likeness (QED) is 0.509. The van der Waals surface area contributed by atoms with Crippen LogP contribution in [0.4, 0.5) is 5.13 Å². The van der Waals surface area contributed by atoms with Crippen molar-refractivity contribution in [3.05, 3.63) is 51.9 Å². The van der Waals surface area contributed by atoms with Crippen LogP contribution in [-0.4, -0.2) is 38.6 Å². The summed E-state index contributed by atoms with van der Waals surface area (Å²) < 4.78 is 5.63. The first-order valence-corrected chi connectivity index (χ1v) is 9.77. The van der Waals surface area contributed by atoms with Crippen LogP contribution in [0.3, 0.4) is 0 Å². The Kier molecular flexibility index (Phi) is 6.13. The highest BCUT2D eigenvalue weighted by Gasteiger charge is 2.28. The van der Waals surface area contributed by atoms with E-state index in [0.717, 1.165) is 15.9 Å². The number of benzene rings is 1. The maximum Gasteiger partial charge on any atom is 0.357 e. The molecule has 0 aliphatic heterocycles. The van der Waals surface area contributed by atoms with Gasteiger partial charge in [0, 0.05) is 10.9 Å². The van der Waals surface area contributed by atoms with Gasteiger partial charge in [-0.15, -0.1) is 11.3 Å². The predicted octanol–water partition coefficient (Wildman–Crippen LogP) is 2.77. The molecule has 1 aromatic carbocycles. The highest BCUT2D eigenvalue weighted by Crippen LogP contribution is 2.30. The van der Waals surface area contributed by atoms with Gasteiger partial charge in [-0.25, -0.2) is 14.6 Å². The molecule has 2 heterocycles. The number of hydrogen-bond acceptors (Lipinski definition) is 7. The molecular weight excluding hydrogens is 396 g/mol. The van der Waals surface area contributed by atoms with E-state index in [1.165, 1.54) is 12.5 Å². The molecule has 10 heteroatoms. The molecule has 9 nitrogen and oxygen atoms in total. The van der Waals surface area contributed by atoms with Crippen LogP contribution in [-0.2, 0) is 9.53 Å². The number of ether oxygens (including phenoxy) is 1. The molecule has 2 aromatic heterocycles. The summed E-state index contributed by atoms with van der Waals surface area (Å²) in [6.45, 7) is 1.87. The van der Waals surface area contributed by atoms with E-state index in [2.05, 4.69) is 20.0 Å². The summed E-state index contributed by atoms with van der Waals surface area (Å²) in [5, 5.41) is 14.9. The van der Waals surface area contributed by atoms with Crippen molar-refractivity contribution in [2.45, 2.75) is 25.8 Å². The Morgan fingerprint density at radius 3 is 2.72 bits per heavy atom. The lowest BCUT2D eigenvalue weighted by Crippen LogP contribution is -2.32. The normalized spacial score (nSPS) is 11.8. The van der Waals surface area contributed by atoms with E-state index in [0.29, 0.717) is 18.4 Å². The second kappa shape index (κ2) is 8.74. The molecule has 29 heavy (non-hydrogen) atoms. The molecule has 0 aliphatic rings. The molecule has 3 N–H and O–H groups in total. The second-order valence-electron chi connectivity index (χ2n) is 6.19. The Hall–Kier alpha value is -3.40. The topological polar surface area (TPSA) is 126 Å². The van der Waals surface area contributed by atoms with Gasteiger partial charge in [0.2, 0.25) is 11.8 Å². The summed E-state index contributed by atoms with van der Waals surface area (Å²) in [5.74, 6) is -1.45. The number of esters is 1. The van der Waals surface area contributed by atoms with E-state index in [4.69, 9.17) is 0 Å². The van der Waals surface area contributed by atoms with Crippen LogP contribution >= 0.6 is 11.3 Å². The van der Waals surface area contributed by atoms with Crippen molar-refractivity contribution in [1.82, 2.24) is 14.5 Å². The number of H-pyrrole nitrogens is 1. The SMILES string of the molecule is CCC[C@H](C(=O)Nc1nc(C(=O)OC)cs1)n1c(O)c(-c2ccccc2)[nH]c1=O. The van der Waals surface area contributed by atoms with Gasteiger partial charge in [0.25, 0.3) is 0 Å². The molecule has 3 rings (SSSR count). The van der Waals surface area contributed by atoms with Crippen molar-refractivity contribution in [3.63, 3.8) is 0 Å². The van der Waals surface area contributed by atoms with Crippen molar-refractivity contribution in [2.24, 2.45) is 0 Å². The van der Waals surface area contributed by atoms with Crippen molar-refractivity contribution in [3.8, 4) is 17.1 Å². The predicted molar refractivity (Wildman–Crippen MR) is 108 cm³/mol. The summed E-state index contributed by atoms with van der Waals surface area (Å²) in [5.41, 5.74) is 0.350. The van der Waals surface area contributed by atoms with Crippen LogP contribution in [0.15, 0.2) is 40.5 Å². The number of carbonyl (C=O) groups excluding carboxylic acids is 2. The summed E-state index contributed by atoms with van der Waals surface area (Å²) in [7, 11) is 1.24. The van der Waals surface area contributed by atoms with Crippen molar-refractivity contribution < 1.29 is 19.4 Å². The Labute approximate surface area is 170 Å². The van der Waals surface area contributed by atoms with Gasteiger partial charge in [-0.05, 0) is 6.42 Å². The van der Waals surface area contributed by atoms with Crippen LogP contribution in [0.2, 0.25) is 0 Å². The summed E-state index contributed by atoms with van der Waals surface area (Å²) in [6, 6.07) is 7.91. The fourth-order valence-electron chi connectivity index (χ4n) is 2.90. The van der Waals surface area contributed by atoms with Gasteiger partial charge in [0.15, 0.2) is 10.8 Å². The van der Waals surface area contributed by atoms with Crippen molar-refractivity contribution in [1.29, 1.82) is 0 Å². The maximum atomic E-state index is 12.9. The number of nitrogens with zero attached hydrogens (tertiary/aromatic N) is 2. The fourth-order valence-corrected chi connectivity index (χ4v) is 3.59. The number of rotatable bonds is 7. The van der Waals surface area contributed by atoms with Crippen LogP contribution in [0.1, 0.15) is 36.3 Å². The zero-order chi connectivity index (χ0) is 21.0. The number of aromatic amines is 1. The van der Waals surface area contributed by atoms with Gasteiger partial charge in [-0.3, -0.25) is 9.36 Å². The highest BCUT2D eigenvalue weighted by atomic mass is 32.1. The lowest BCUT2D eigenvalue weighted by molar-refractivity contribution is -0.119. The molecule has 0 spiro atoms. The largest absolute Gasteiger partial charge is 0.493 e. The summed E-state index contributed by atoms with van der Waals surface area (Å²) >= 11 is 1.06. The number of carbonyl (C=O) groups is 2. The Balaban J connectivity index is 1.91. The minimum atomic E-state index is -0.952. The Morgan fingerprint density at radius 1 is 1.34 bits per heavy atom. The minimum absolute atomic E-state index is 0.0767. The first kappa shape index (κ1) is 20.3. The number of methoxy groups -OCH3 is 1. The molecule has 0 radical (unpaired) electrons. The zero-order valence-corrected chi connectivity index (χ0v) is 16.7. The molecule has 0 saturated heterocycles. The van der Waals surface area contributed by atoms with Gasteiger partial charge in [0.05, 0.1) is 7.11 Å². The summed E-state index contributed by atoms with van der Waals surface area (Å²) in [4.78, 5) is 43.5. The Morgan fingerprint density at radius 2 is 2.07 bits per heavy atom. The minimum Gasteiger partial charge on any atom is -0.493 e. The number of aromatic nitrogens is 3. The van der Waals surface area contributed by atoms with Gasteiger partial charge >= 0.3 is 11.7 Å². The zero-order valence-electron chi connectivity index (χ0n) is 15.8. The molecule has 0 saturated carbocycles. The third-order valence-electron chi connectivity index (χ3n) is 4.27. The third kappa shape index (κ3) is 4.21. The number of nitrogens with one attached hydrogen (secondary N) is 2. The van der Waals surface area contributed by atoms with E-state index in [-0.39, 0.29) is 22.4 Å².